The van der Waals surface area contributed by atoms with E-state index in [2.05, 4.69) is 5.32 Å². The number of rotatable bonds is 4. The highest BCUT2D eigenvalue weighted by molar-refractivity contribution is 7.91. The molecule has 1 fully saturated rings. The van der Waals surface area contributed by atoms with E-state index in [1.807, 2.05) is 0 Å². The fraction of sp³-hybridized carbons (Fsp3) is 0.462. The highest BCUT2D eigenvalue weighted by Gasteiger charge is 2.30. The quantitative estimate of drug-likeness (QED) is 0.796. The summed E-state index contributed by atoms with van der Waals surface area (Å²) in [5.74, 6) is -0.784. The number of halogens is 2. The zero-order chi connectivity index (χ0) is 18.3. The average molecular weight is 415 g/mol. The topological polar surface area (TPSA) is 101 Å². The number of sulfone groups is 1. The number of hydrogen-bond acceptors (Lipinski definition) is 5. The second-order valence-corrected chi connectivity index (χ2v) is 10.8. The van der Waals surface area contributed by atoms with Crippen molar-refractivity contribution in [3.63, 3.8) is 0 Å². The van der Waals surface area contributed by atoms with Crippen LogP contribution in [0.5, 0.6) is 0 Å². The molecular weight excluding hydrogens is 399 g/mol. The zero-order valence-corrected chi connectivity index (χ0v) is 16.1. The van der Waals surface area contributed by atoms with Gasteiger partial charge in [0.05, 0.1) is 27.1 Å². The van der Waals surface area contributed by atoms with E-state index in [0.717, 1.165) is 10.4 Å². The van der Waals surface area contributed by atoms with Gasteiger partial charge in [-0.1, -0.05) is 23.2 Å². The second-order valence-electron chi connectivity index (χ2n) is 5.62. The largest absolute Gasteiger partial charge is 0.348 e. The molecule has 1 aromatic rings. The van der Waals surface area contributed by atoms with Gasteiger partial charge in [-0.25, -0.2) is 21.1 Å². The number of sulfonamides is 1. The van der Waals surface area contributed by atoms with Crippen molar-refractivity contribution in [2.45, 2.75) is 17.4 Å². The lowest BCUT2D eigenvalue weighted by molar-refractivity contribution is 0.0941. The molecule has 2 rings (SSSR count). The summed E-state index contributed by atoms with van der Waals surface area (Å²) in [6.07, 6.45) is 0.308. The minimum Gasteiger partial charge on any atom is -0.348 e. The number of carbonyl (C=O) groups is 1. The Labute approximate surface area is 150 Å². The number of carbonyl (C=O) groups excluding carboxylic acids is 1. The molecular formula is C13H16Cl2N2O5S2. The summed E-state index contributed by atoms with van der Waals surface area (Å²) < 4.78 is 48.4. The van der Waals surface area contributed by atoms with Crippen LogP contribution in [0.4, 0.5) is 0 Å². The SMILES string of the molecule is CN(C)S(=O)(=O)c1cc(C(=O)N[C@H]2CCS(=O)(=O)C2)c(Cl)cc1Cl. The minimum absolute atomic E-state index is 0.00650. The molecule has 1 atom stereocenters. The van der Waals surface area contributed by atoms with Crippen LogP contribution in [-0.4, -0.2) is 58.7 Å². The van der Waals surface area contributed by atoms with Crippen LogP contribution in [0.1, 0.15) is 16.8 Å². The van der Waals surface area contributed by atoms with Crippen LogP contribution < -0.4 is 5.32 Å². The normalized spacial score (nSPS) is 20.3. The summed E-state index contributed by atoms with van der Waals surface area (Å²) in [6, 6.07) is 1.75. The molecule has 1 aliphatic rings. The van der Waals surface area contributed by atoms with Crippen molar-refractivity contribution < 1.29 is 21.6 Å². The Bertz CT molecular complexity index is 882. The second kappa shape index (κ2) is 6.80. The molecule has 11 heteroatoms. The van der Waals surface area contributed by atoms with Crippen LogP contribution in [0.25, 0.3) is 0 Å². The molecule has 0 bridgehead atoms. The smallest absolute Gasteiger partial charge is 0.253 e. The molecule has 1 saturated heterocycles. The molecule has 0 radical (unpaired) electrons. The van der Waals surface area contributed by atoms with Crippen LogP contribution in [0.3, 0.4) is 0 Å². The molecule has 1 aliphatic heterocycles. The highest BCUT2D eigenvalue weighted by Crippen LogP contribution is 2.30. The van der Waals surface area contributed by atoms with E-state index < -0.39 is 31.8 Å². The molecule has 1 heterocycles. The molecule has 134 valence electrons. The van der Waals surface area contributed by atoms with Crippen molar-refractivity contribution in [3.05, 3.63) is 27.7 Å². The summed E-state index contributed by atoms with van der Waals surface area (Å²) in [7, 11) is -4.34. The van der Waals surface area contributed by atoms with E-state index in [4.69, 9.17) is 23.2 Å². The van der Waals surface area contributed by atoms with Gasteiger partial charge in [0.25, 0.3) is 5.91 Å². The molecule has 24 heavy (non-hydrogen) atoms. The fourth-order valence-electron chi connectivity index (χ4n) is 2.27. The van der Waals surface area contributed by atoms with Gasteiger partial charge in [0.2, 0.25) is 10.0 Å². The summed E-state index contributed by atoms with van der Waals surface area (Å²) in [4.78, 5) is 12.1. The van der Waals surface area contributed by atoms with Gasteiger partial charge in [0.1, 0.15) is 4.90 Å². The van der Waals surface area contributed by atoms with Gasteiger partial charge >= 0.3 is 0 Å². The van der Waals surface area contributed by atoms with E-state index in [1.54, 1.807) is 0 Å². The molecule has 0 aromatic heterocycles. The lowest BCUT2D eigenvalue weighted by Crippen LogP contribution is -2.36. The average Bonchev–Trinajstić information content (AvgIpc) is 2.77. The van der Waals surface area contributed by atoms with E-state index in [9.17, 15) is 21.6 Å². The summed E-state index contributed by atoms with van der Waals surface area (Å²) in [6.45, 7) is 0. The third kappa shape index (κ3) is 4.02. The molecule has 1 amide bonds. The van der Waals surface area contributed by atoms with Gasteiger partial charge in [0, 0.05) is 20.1 Å². The van der Waals surface area contributed by atoms with Gasteiger partial charge in [-0.2, -0.15) is 0 Å². The lowest BCUT2D eigenvalue weighted by Gasteiger charge is -2.16. The molecule has 1 aromatic carbocycles. The molecule has 7 nitrogen and oxygen atoms in total. The lowest BCUT2D eigenvalue weighted by atomic mass is 10.2. The summed E-state index contributed by atoms with van der Waals surface area (Å²) >= 11 is 11.9. The van der Waals surface area contributed by atoms with Gasteiger partial charge in [-0.15, -0.1) is 0 Å². The third-order valence-corrected chi connectivity index (χ3v) is 7.95. The van der Waals surface area contributed by atoms with Crippen molar-refractivity contribution in [3.8, 4) is 0 Å². The fourth-order valence-corrected chi connectivity index (χ4v) is 5.67. The van der Waals surface area contributed by atoms with Crippen LogP contribution in [0, 0.1) is 0 Å². The monoisotopic (exact) mass is 414 g/mol. The minimum atomic E-state index is -3.86. The molecule has 0 spiro atoms. The first-order valence-electron chi connectivity index (χ1n) is 6.87. The van der Waals surface area contributed by atoms with Crippen molar-refractivity contribution in [2.24, 2.45) is 0 Å². The number of nitrogens with zero attached hydrogens (tertiary/aromatic N) is 1. The predicted molar refractivity (Wildman–Crippen MR) is 91.9 cm³/mol. The van der Waals surface area contributed by atoms with Gasteiger partial charge < -0.3 is 5.32 Å². The predicted octanol–water partition coefficient (Wildman–Crippen LogP) is 1.16. The van der Waals surface area contributed by atoms with Gasteiger partial charge in [-0.05, 0) is 18.6 Å². The highest BCUT2D eigenvalue weighted by atomic mass is 35.5. The van der Waals surface area contributed by atoms with E-state index in [-0.39, 0.29) is 32.0 Å². The Kier molecular flexibility index (Phi) is 5.51. The maximum absolute atomic E-state index is 12.4. The Hall–Kier alpha value is -0.870. The van der Waals surface area contributed by atoms with Crippen LogP contribution >= 0.6 is 23.2 Å². The molecule has 0 unspecified atom stereocenters. The maximum Gasteiger partial charge on any atom is 0.253 e. The first kappa shape index (κ1) is 19.5. The summed E-state index contributed by atoms with van der Waals surface area (Å²) in [5.41, 5.74) is -0.0780. The number of amides is 1. The van der Waals surface area contributed by atoms with Gasteiger partial charge in [0.15, 0.2) is 9.84 Å². The standard InChI is InChI=1S/C13H16Cl2N2O5S2/c1-17(2)24(21,22)12-5-9(10(14)6-11(12)15)13(18)16-8-3-4-23(19,20)7-8/h5-6,8H,3-4,7H2,1-2H3,(H,16,18)/t8-/m0/s1. The van der Waals surface area contributed by atoms with E-state index in [1.165, 1.54) is 20.2 Å². The number of hydrogen-bond donors (Lipinski definition) is 1. The number of benzene rings is 1. The Morgan fingerprint density at radius 3 is 2.38 bits per heavy atom. The van der Waals surface area contributed by atoms with Crippen LogP contribution in [-0.2, 0) is 19.9 Å². The Balaban J connectivity index is 2.35. The molecule has 1 N–H and O–H groups in total. The van der Waals surface area contributed by atoms with Crippen molar-refractivity contribution >= 4 is 49.0 Å². The van der Waals surface area contributed by atoms with Crippen LogP contribution in [0.2, 0.25) is 10.0 Å². The molecule has 0 saturated carbocycles. The number of nitrogens with one attached hydrogen (secondary N) is 1. The zero-order valence-electron chi connectivity index (χ0n) is 12.9. The Morgan fingerprint density at radius 1 is 1.25 bits per heavy atom. The Morgan fingerprint density at radius 2 is 1.88 bits per heavy atom. The van der Waals surface area contributed by atoms with E-state index >= 15 is 0 Å². The first-order valence-corrected chi connectivity index (χ1v) is 10.9. The van der Waals surface area contributed by atoms with Crippen molar-refractivity contribution in [1.82, 2.24) is 9.62 Å². The van der Waals surface area contributed by atoms with Crippen molar-refractivity contribution in [1.29, 1.82) is 0 Å². The summed E-state index contributed by atoms with van der Waals surface area (Å²) in [5, 5.41) is 2.44. The van der Waals surface area contributed by atoms with Crippen LogP contribution in [0.15, 0.2) is 17.0 Å². The maximum atomic E-state index is 12.4. The molecule has 0 aliphatic carbocycles. The van der Waals surface area contributed by atoms with Gasteiger partial charge in [-0.3, -0.25) is 4.79 Å². The van der Waals surface area contributed by atoms with E-state index in [0.29, 0.717) is 6.42 Å². The third-order valence-electron chi connectivity index (χ3n) is 3.59. The first-order chi connectivity index (χ1) is 10.9. The van der Waals surface area contributed by atoms with Crippen molar-refractivity contribution in [2.75, 3.05) is 25.6 Å².